The van der Waals surface area contributed by atoms with Crippen molar-refractivity contribution in [3.63, 3.8) is 0 Å². The van der Waals surface area contributed by atoms with Crippen LogP contribution in [0.1, 0.15) is 11.1 Å². The van der Waals surface area contributed by atoms with E-state index in [2.05, 4.69) is 10.5 Å². The number of ether oxygens (including phenoxy) is 2. The Balaban J connectivity index is 1.56. The van der Waals surface area contributed by atoms with E-state index < -0.39 is 0 Å². The van der Waals surface area contributed by atoms with E-state index in [1.54, 1.807) is 30.3 Å². The maximum Gasteiger partial charge on any atom is 0.254 e. The molecule has 1 saturated heterocycles. The maximum absolute atomic E-state index is 12.0. The van der Waals surface area contributed by atoms with Crippen LogP contribution in [-0.2, 0) is 16.1 Å². The Bertz CT molecular complexity index is 911. The number of benzene rings is 2. The van der Waals surface area contributed by atoms with Crippen molar-refractivity contribution in [1.29, 1.82) is 0 Å². The van der Waals surface area contributed by atoms with Crippen molar-refractivity contribution in [1.82, 2.24) is 10.3 Å². The average Bonchev–Trinajstić information content (AvgIpc) is 2.69. The van der Waals surface area contributed by atoms with Gasteiger partial charge in [-0.15, -0.1) is 0 Å². The molecule has 6 nitrogen and oxygen atoms in total. The van der Waals surface area contributed by atoms with E-state index >= 15 is 0 Å². The van der Waals surface area contributed by atoms with Gasteiger partial charge in [0.05, 0.1) is 36.0 Å². The van der Waals surface area contributed by atoms with Gasteiger partial charge < -0.3 is 9.47 Å². The second-order valence-corrected chi connectivity index (χ2v) is 8.18. The lowest BCUT2D eigenvalue weighted by Gasteiger charge is -2.25. The van der Waals surface area contributed by atoms with Crippen LogP contribution in [0.15, 0.2) is 35.4 Å². The average molecular weight is 491 g/mol. The first kappa shape index (κ1) is 23.1. The lowest BCUT2D eigenvalue weighted by atomic mass is 10.2. The van der Waals surface area contributed by atoms with E-state index in [1.807, 2.05) is 4.90 Å². The first-order valence-electron chi connectivity index (χ1n) is 9.10. The molecule has 160 valence electrons. The third-order valence-corrected chi connectivity index (χ3v) is 5.43. The van der Waals surface area contributed by atoms with Crippen LogP contribution in [0.4, 0.5) is 0 Å². The van der Waals surface area contributed by atoms with Crippen LogP contribution >= 0.6 is 46.4 Å². The van der Waals surface area contributed by atoms with Crippen molar-refractivity contribution in [3.8, 4) is 5.75 Å². The molecule has 0 radical (unpaired) electrons. The Morgan fingerprint density at radius 2 is 1.80 bits per heavy atom. The molecule has 1 aliphatic rings. The Labute approximate surface area is 194 Å². The number of nitrogens with one attached hydrogen (secondary N) is 1. The number of nitrogens with zero attached hydrogens (tertiary/aromatic N) is 2. The first-order chi connectivity index (χ1) is 14.4. The summed E-state index contributed by atoms with van der Waals surface area (Å²) in [5, 5.41) is 5.62. The molecular weight excluding hydrogens is 472 g/mol. The third kappa shape index (κ3) is 6.74. The van der Waals surface area contributed by atoms with Gasteiger partial charge in [0.25, 0.3) is 5.91 Å². The minimum absolute atomic E-state index is 0.181. The van der Waals surface area contributed by atoms with Crippen LogP contribution in [0.3, 0.4) is 0 Å². The highest BCUT2D eigenvalue weighted by Crippen LogP contribution is 2.35. The summed E-state index contributed by atoms with van der Waals surface area (Å²) in [5.74, 6) is 0.128. The predicted molar refractivity (Wildman–Crippen MR) is 120 cm³/mol. The molecule has 1 fully saturated rings. The van der Waals surface area contributed by atoms with Crippen LogP contribution in [0, 0.1) is 0 Å². The van der Waals surface area contributed by atoms with E-state index in [0.717, 1.165) is 18.7 Å². The Kier molecular flexibility index (Phi) is 8.62. The van der Waals surface area contributed by atoms with Crippen LogP contribution in [0.25, 0.3) is 0 Å². The van der Waals surface area contributed by atoms with Crippen molar-refractivity contribution in [2.75, 3.05) is 32.8 Å². The molecule has 0 bridgehead atoms. The van der Waals surface area contributed by atoms with Crippen LogP contribution in [0.5, 0.6) is 5.75 Å². The van der Waals surface area contributed by atoms with E-state index in [0.29, 0.717) is 44.6 Å². The molecule has 3 rings (SSSR count). The lowest BCUT2D eigenvalue weighted by molar-refractivity contribution is -0.123. The SMILES string of the molecule is O=C(CN1CCOCC1)N/N=C/c1cc(Cl)c(OCc2ccc(Cl)cc2Cl)c(Cl)c1. The minimum atomic E-state index is -0.204. The molecule has 0 spiro atoms. The zero-order valence-corrected chi connectivity index (χ0v) is 18.9. The smallest absolute Gasteiger partial charge is 0.254 e. The Morgan fingerprint density at radius 3 is 2.47 bits per heavy atom. The fourth-order valence-electron chi connectivity index (χ4n) is 2.76. The van der Waals surface area contributed by atoms with E-state index in [-0.39, 0.29) is 19.1 Å². The van der Waals surface area contributed by atoms with Gasteiger partial charge in [0.15, 0.2) is 5.75 Å². The van der Waals surface area contributed by atoms with Crippen LogP contribution < -0.4 is 10.2 Å². The summed E-state index contributed by atoms with van der Waals surface area (Å²) in [6, 6.07) is 8.42. The molecule has 0 aliphatic carbocycles. The fraction of sp³-hybridized carbons (Fsp3) is 0.300. The number of carbonyl (C=O) groups excluding carboxylic acids is 1. The number of hydrazone groups is 1. The number of rotatable bonds is 7. The van der Waals surface area contributed by atoms with Gasteiger partial charge in [-0.05, 0) is 29.8 Å². The molecule has 0 unspecified atom stereocenters. The van der Waals surface area contributed by atoms with Crippen molar-refractivity contribution >= 4 is 58.5 Å². The highest BCUT2D eigenvalue weighted by atomic mass is 35.5. The van der Waals surface area contributed by atoms with E-state index in [9.17, 15) is 4.79 Å². The highest BCUT2D eigenvalue weighted by Gasteiger charge is 2.14. The zero-order chi connectivity index (χ0) is 21.5. The topological polar surface area (TPSA) is 63.2 Å². The summed E-state index contributed by atoms with van der Waals surface area (Å²) in [7, 11) is 0. The summed E-state index contributed by atoms with van der Waals surface area (Å²) in [4.78, 5) is 14.0. The number of hydrogen-bond donors (Lipinski definition) is 1. The summed E-state index contributed by atoms with van der Waals surface area (Å²) in [6.45, 7) is 3.16. The van der Waals surface area contributed by atoms with Gasteiger partial charge >= 0.3 is 0 Å². The van der Waals surface area contributed by atoms with E-state index in [4.69, 9.17) is 55.9 Å². The lowest BCUT2D eigenvalue weighted by Crippen LogP contribution is -2.42. The van der Waals surface area contributed by atoms with Crippen molar-refractivity contribution in [2.45, 2.75) is 6.61 Å². The molecule has 2 aromatic carbocycles. The fourth-order valence-corrected chi connectivity index (χ4v) is 3.83. The maximum atomic E-state index is 12.0. The molecular formula is C20H19Cl4N3O3. The van der Waals surface area contributed by atoms with Gasteiger partial charge in [0.2, 0.25) is 0 Å². The molecule has 1 aliphatic heterocycles. The Hall–Kier alpha value is -1.54. The normalized spacial score (nSPS) is 14.8. The largest absolute Gasteiger partial charge is 0.486 e. The second kappa shape index (κ2) is 11.2. The molecule has 0 saturated carbocycles. The standard InChI is InChI=1S/C20H19Cl4N3O3/c21-15-2-1-14(16(22)9-15)12-30-20-17(23)7-13(8-18(20)24)10-25-26-19(28)11-27-3-5-29-6-4-27/h1-2,7-10H,3-6,11-12H2,(H,26,28)/b25-10+. The van der Waals surface area contributed by atoms with E-state index in [1.165, 1.54) is 6.21 Å². The number of amides is 1. The molecule has 1 N–H and O–H groups in total. The van der Waals surface area contributed by atoms with Gasteiger partial charge in [-0.1, -0.05) is 52.5 Å². The molecule has 2 aromatic rings. The quantitative estimate of drug-likeness (QED) is 0.452. The van der Waals surface area contributed by atoms with Gasteiger partial charge in [-0.2, -0.15) is 5.10 Å². The number of halogens is 4. The number of hydrogen-bond acceptors (Lipinski definition) is 5. The van der Waals surface area contributed by atoms with Gasteiger partial charge in [-0.3, -0.25) is 9.69 Å². The summed E-state index contributed by atoms with van der Waals surface area (Å²) >= 11 is 24.7. The zero-order valence-electron chi connectivity index (χ0n) is 15.8. The van der Waals surface area contributed by atoms with Gasteiger partial charge in [-0.25, -0.2) is 5.43 Å². The molecule has 1 heterocycles. The van der Waals surface area contributed by atoms with Crippen molar-refractivity contribution < 1.29 is 14.3 Å². The number of morpholine rings is 1. The third-order valence-electron chi connectivity index (χ3n) is 4.28. The minimum Gasteiger partial charge on any atom is -0.486 e. The highest BCUT2D eigenvalue weighted by molar-refractivity contribution is 6.37. The summed E-state index contributed by atoms with van der Waals surface area (Å²) in [5.41, 5.74) is 3.87. The second-order valence-electron chi connectivity index (χ2n) is 6.52. The van der Waals surface area contributed by atoms with Crippen LogP contribution in [-0.4, -0.2) is 49.9 Å². The summed E-state index contributed by atoms with van der Waals surface area (Å²) in [6.07, 6.45) is 1.47. The van der Waals surface area contributed by atoms with Crippen LogP contribution in [0.2, 0.25) is 20.1 Å². The number of carbonyl (C=O) groups is 1. The van der Waals surface area contributed by atoms with Crippen molar-refractivity contribution in [3.05, 3.63) is 61.5 Å². The molecule has 0 atom stereocenters. The van der Waals surface area contributed by atoms with Gasteiger partial charge in [0, 0.05) is 28.7 Å². The van der Waals surface area contributed by atoms with Crippen molar-refractivity contribution in [2.24, 2.45) is 5.10 Å². The molecule has 1 amide bonds. The predicted octanol–water partition coefficient (Wildman–Crippen LogP) is 4.66. The first-order valence-corrected chi connectivity index (χ1v) is 10.6. The molecule has 30 heavy (non-hydrogen) atoms. The monoisotopic (exact) mass is 489 g/mol. The molecule has 10 heteroatoms. The Morgan fingerprint density at radius 1 is 1.10 bits per heavy atom. The van der Waals surface area contributed by atoms with Gasteiger partial charge in [0.1, 0.15) is 6.61 Å². The molecule has 0 aromatic heterocycles. The summed E-state index contributed by atoms with van der Waals surface area (Å²) < 4.78 is 11.0.